The summed E-state index contributed by atoms with van der Waals surface area (Å²) in [6.07, 6.45) is 0. The summed E-state index contributed by atoms with van der Waals surface area (Å²) in [6.45, 7) is 3.76. The number of halogens is 1. The lowest BCUT2D eigenvalue weighted by Gasteiger charge is -2.16. The van der Waals surface area contributed by atoms with E-state index in [2.05, 4.69) is 10.6 Å². The molecule has 0 spiro atoms. The molecule has 3 aromatic rings. The van der Waals surface area contributed by atoms with Crippen LogP contribution in [-0.4, -0.2) is 22.8 Å². The average Bonchev–Trinajstić information content (AvgIpc) is 2.98. The topological polar surface area (TPSA) is 98.7 Å². The van der Waals surface area contributed by atoms with Crippen molar-refractivity contribution in [1.82, 2.24) is 0 Å². The lowest BCUT2D eigenvalue weighted by atomic mass is 10.1. The third kappa shape index (κ3) is 4.58. The molecule has 7 nitrogen and oxygen atoms in total. The Balaban J connectivity index is 1.55. The van der Waals surface area contributed by atoms with Gasteiger partial charge in [-0.25, -0.2) is 4.90 Å². The van der Waals surface area contributed by atoms with Gasteiger partial charge in [-0.05, 0) is 79.6 Å². The maximum Gasteiger partial charge on any atom is 0.283 e. The normalized spacial score (nSPS) is 13.5. The van der Waals surface area contributed by atoms with Gasteiger partial charge in [-0.3, -0.25) is 14.4 Å². The lowest BCUT2D eigenvalue weighted by molar-refractivity contribution is -0.120. The first-order valence-corrected chi connectivity index (χ1v) is 10.4. The highest BCUT2D eigenvalue weighted by Crippen LogP contribution is 2.31. The smallest absolute Gasteiger partial charge is 0.283 e. The van der Waals surface area contributed by atoms with Crippen LogP contribution in [0.25, 0.3) is 0 Å². The molecule has 0 radical (unpaired) electrons. The summed E-state index contributed by atoms with van der Waals surface area (Å²) in [4.78, 5) is 39.4. The van der Waals surface area contributed by atoms with Gasteiger partial charge in [0.15, 0.2) is 0 Å². The van der Waals surface area contributed by atoms with Crippen LogP contribution in [0, 0.1) is 13.8 Å². The van der Waals surface area contributed by atoms with Crippen LogP contribution in [0.1, 0.15) is 21.5 Å². The molecule has 3 aromatic carbocycles. The molecular weight excluding hydrogens is 442 g/mol. The van der Waals surface area contributed by atoms with Gasteiger partial charge in [-0.1, -0.05) is 23.7 Å². The maximum atomic E-state index is 13.0. The monoisotopic (exact) mass is 461 g/mol. The van der Waals surface area contributed by atoms with Crippen LogP contribution >= 0.6 is 11.6 Å². The minimum Gasteiger partial charge on any atom is -0.508 e. The van der Waals surface area contributed by atoms with E-state index in [1.807, 2.05) is 19.9 Å². The van der Waals surface area contributed by atoms with Crippen molar-refractivity contribution in [3.8, 4) is 5.75 Å². The number of hydrogen-bond donors (Lipinski definition) is 3. The Hall–Kier alpha value is -4.10. The molecule has 0 saturated heterocycles. The van der Waals surface area contributed by atoms with Crippen molar-refractivity contribution in [3.05, 3.63) is 94.1 Å². The summed E-state index contributed by atoms with van der Waals surface area (Å²) >= 11 is 6.23. The molecule has 4 rings (SSSR count). The third-order valence-electron chi connectivity index (χ3n) is 5.01. The zero-order chi connectivity index (χ0) is 23.7. The molecule has 33 heavy (non-hydrogen) atoms. The second kappa shape index (κ2) is 8.80. The fraction of sp³-hybridized carbons (Fsp3) is 0.0800. The van der Waals surface area contributed by atoms with Crippen molar-refractivity contribution >= 4 is 46.4 Å². The summed E-state index contributed by atoms with van der Waals surface area (Å²) in [5.41, 5.74) is 3.47. The number of benzene rings is 3. The highest BCUT2D eigenvalue weighted by Gasteiger charge is 2.39. The van der Waals surface area contributed by atoms with E-state index >= 15 is 0 Å². The molecular formula is C25H20ClN3O4. The Morgan fingerprint density at radius 3 is 2.21 bits per heavy atom. The van der Waals surface area contributed by atoms with E-state index in [9.17, 15) is 19.5 Å². The number of phenols is 1. The van der Waals surface area contributed by atoms with Crippen molar-refractivity contribution in [1.29, 1.82) is 0 Å². The fourth-order valence-corrected chi connectivity index (χ4v) is 3.77. The number of imide groups is 1. The van der Waals surface area contributed by atoms with E-state index in [-0.39, 0.29) is 22.4 Å². The van der Waals surface area contributed by atoms with Gasteiger partial charge in [0.2, 0.25) is 0 Å². The zero-order valence-electron chi connectivity index (χ0n) is 17.8. The predicted octanol–water partition coefficient (Wildman–Crippen LogP) is 4.70. The van der Waals surface area contributed by atoms with Crippen LogP contribution in [0.4, 0.5) is 17.1 Å². The summed E-state index contributed by atoms with van der Waals surface area (Å²) < 4.78 is 0. The van der Waals surface area contributed by atoms with Crippen molar-refractivity contribution < 1.29 is 19.5 Å². The lowest BCUT2D eigenvalue weighted by Crippen LogP contribution is -2.32. The van der Waals surface area contributed by atoms with Crippen LogP contribution in [0.5, 0.6) is 5.75 Å². The Kier molecular flexibility index (Phi) is 5.89. The Labute approximate surface area is 195 Å². The highest BCUT2D eigenvalue weighted by atomic mass is 35.5. The third-order valence-corrected chi connectivity index (χ3v) is 5.36. The quantitative estimate of drug-likeness (QED) is 0.378. The number of rotatable bonds is 5. The van der Waals surface area contributed by atoms with Gasteiger partial charge in [-0.2, -0.15) is 0 Å². The number of phenolic OH excluding ortho intramolecular Hbond substituents is 1. The number of aryl methyl sites for hydroxylation is 2. The highest BCUT2D eigenvalue weighted by molar-refractivity contribution is 6.53. The minimum atomic E-state index is -0.615. The molecule has 0 saturated carbocycles. The van der Waals surface area contributed by atoms with Crippen molar-refractivity contribution in [2.45, 2.75) is 13.8 Å². The first kappa shape index (κ1) is 22.1. The molecule has 3 amide bonds. The average molecular weight is 462 g/mol. The number of nitrogens with one attached hydrogen (secondary N) is 2. The number of carbonyl (C=O) groups excluding carboxylic acids is 3. The van der Waals surface area contributed by atoms with Crippen molar-refractivity contribution in [2.24, 2.45) is 0 Å². The van der Waals surface area contributed by atoms with E-state index in [4.69, 9.17) is 11.6 Å². The Morgan fingerprint density at radius 1 is 0.879 bits per heavy atom. The summed E-state index contributed by atoms with van der Waals surface area (Å²) in [5.74, 6) is -1.48. The molecule has 0 bridgehead atoms. The van der Waals surface area contributed by atoms with Crippen LogP contribution in [0.3, 0.4) is 0 Å². The summed E-state index contributed by atoms with van der Waals surface area (Å²) in [7, 11) is 0. The van der Waals surface area contributed by atoms with Crippen molar-refractivity contribution in [3.63, 3.8) is 0 Å². The molecule has 3 N–H and O–H groups in total. The molecule has 0 aliphatic carbocycles. The van der Waals surface area contributed by atoms with Crippen LogP contribution in [-0.2, 0) is 9.59 Å². The summed E-state index contributed by atoms with van der Waals surface area (Å²) in [6, 6.07) is 18.0. The maximum absolute atomic E-state index is 13.0. The van der Waals surface area contributed by atoms with Gasteiger partial charge in [0.25, 0.3) is 17.7 Å². The Morgan fingerprint density at radius 2 is 1.55 bits per heavy atom. The van der Waals surface area contributed by atoms with Crippen LogP contribution < -0.4 is 15.5 Å². The molecule has 8 heteroatoms. The standard InChI is InChI=1S/C25H20ClN3O4/c1-14-10-15(2)12-19(11-14)29-24(32)21(26)22(25(29)33)27-18-5-3-4-16(13-18)23(31)28-17-6-8-20(30)9-7-17/h3-13,27,30H,1-2H3,(H,28,31). The first-order chi connectivity index (χ1) is 15.7. The van der Waals surface area contributed by atoms with Gasteiger partial charge in [0.05, 0.1) is 5.69 Å². The predicted molar refractivity (Wildman–Crippen MR) is 127 cm³/mol. The molecule has 166 valence electrons. The van der Waals surface area contributed by atoms with Gasteiger partial charge in [0.1, 0.15) is 16.5 Å². The molecule has 1 aliphatic rings. The largest absolute Gasteiger partial charge is 0.508 e. The molecule has 1 aliphatic heterocycles. The van der Waals surface area contributed by atoms with Crippen molar-refractivity contribution in [2.75, 3.05) is 15.5 Å². The molecule has 1 heterocycles. The second-order valence-corrected chi connectivity index (χ2v) is 8.07. The number of amides is 3. The summed E-state index contributed by atoms with van der Waals surface area (Å²) in [5, 5.41) is 14.8. The molecule has 0 atom stereocenters. The van der Waals surface area contributed by atoms with E-state index in [0.29, 0.717) is 22.6 Å². The van der Waals surface area contributed by atoms with E-state index in [1.165, 1.54) is 12.1 Å². The first-order valence-electron chi connectivity index (χ1n) is 10.1. The molecule has 0 fully saturated rings. The molecule has 0 unspecified atom stereocenters. The fourth-order valence-electron chi connectivity index (χ4n) is 3.56. The minimum absolute atomic E-state index is 0.0584. The molecule has 0 aromatic heterocycles. The SMILES string of the molecule is Cc1cc(C)cc(N2C(=O)C(Cl)=C(Nc3cccc(C(=O)Nc4ccc(O)cc4)c3)C2=O)c1. The number of hydrogen-bond acceptors (Lipinski definition) is 5. The van der Waals surface area contributed by atoms with E-state index in [1.54, 1.807) is 48.5 Å². The van der Waals surface area contributed by atoms with Crippen LogP contribution in [0.15, 0.2) is 77.5 Å². The zero-order valence-corrected chi connectivity index (χ0v) is 18.6. The van der Waals surface area contributed by atoms with E-state index < -0.39 is 11.8 Å². The van der Waals surface area contributed by atoms with Gasteiger partial charge < -0.3 is 15.7 Å². The number of aromatic hydroxyl groups is 1. The number of carbonyl (C=O) groups is 3. The number of anilines is 3. The van der Waals surface area contributed by atoms with Gasteiger partial charge in [0, 0.05) is 16.9 Å². The van der Waals surface area contributed by atoms with Crippen LogP contribution in [0.2, 0.25) is 0 Å². The van der Waals surface area contributed by atoms with Gasteiger partial charge in [-0.15, -0.1) is 0 Å². The number of nitrogens with zero attached hydrogens (tertiary/aromatic N) is 1. The van der Waals surface area contributed by atoms with Gasteiger partial charge >= 0.3 is 0 Å². The Bertz CT molecular complexity index is 1300. The van der Waals surface area contributed by atoms with E-state index in [0.717, 1.165) is 16.0 Å². The second-order valence-electron chi connectivity index (χ2n) is 7.69.